The molecule has 0 bridgehead atoms. The van der Waals surface area contributed by atoms with Gasteiger partial charge < -0.3 is 15.8 Å². The molecular weight excluding hydrogens is 266 g/mol. The molecular formula is C16H17N3O2. The summed E-state index contributed by atoms with van der Waals surface area (Å²) >= 11 is 0. The van der Waals surface area contributed by atoms with E-state index in [4.69, 9.17) is 10.5 Å². The minimum Gasteiger partial charge on any atom is -0.383 e. The molecule has 0 spiro atoms. The number of aromatic nitrogens is 1. The molecule has 2 heterocycles. The van der Waals surface area contributed by atoms with Gasteiger partial charge in [-0.25, -0.2) is 4.98 Å². The molecule has 5 nitrogen and oxygen atoms in total. The van der Waals surface area contributed by atoms with Crippen molar-refractivity contribution < 1.29 is 9.53 Å². The van der Waals surface area contributed by atoms with E-state index in [1.54, 1.807) is 18.3 Å². The Balaban J connectivity index is 1.65. The fourth-order valence-corrected chi connectivity index (χ4v) is 2.29. The molecule has 1 amide bonds. The van der Waals surface area contributed by atoms with Crippen LogP contribution in [-0.4, -0.2) is 17.5 Å². The number of pyridine rings is 1. The summed E-state index contributed by atoms with van der Waals surface area (Å²) in [4.78, 5) is 16.0. The summed E-state index contributed by atoms with van der Waals surface area (Å²) in [7, 11) is 0. The van der Waals surface area contributed by atoms with Gasteiger partial charge in [0.2, 0.25) is 0 Å². The molecule has 1 atom stereocenters. The summed E-state index contributed by atoms with van der Waals surface area (Å²) in [5, 5.41) is 2.86. The predicted molar refractivity (Wildman–Crippen MR) is 79.6 cm³/mol. The fraction of sp³-hybridized carbons (Fsp3) is 0.250. The van der Waals surface area contributed by atoms with Gasteiger partial charge in [-0.1, -0.05) is 24.3 Å². The number of rotatable bonds is 4. The second kappa shape index (κ2) is 5.93. The second-order valence-corrected chi connectivity index (χ2v) is 5.01. The highest BCUT2D eigenvalue weighted by Gasteiger charge is 2.20. The van der Waals surface area contributed by atoms with Crippen LogP contribution in [0.1, 0.15) is 34.0 Å². The molecule has 5 heteroatoms. The smallest absolute Gasteiger partial charge is 0.255 e. The summed E-state index contributed by atoms with van der Waals surface area (Å²) in [6.07, 6.45) is 2.82. The predicted octanol–water partition coefficient (Wildman–Crippen LogP) is 2.06. The van der Waals surface area contributed by atoms with Crippen LogP contribution in [0.3, 0.4) is 0 Å². The first kappa shape index (κ1) is 13.6. The third kappa shape index (κ3) is 3.03. The molecule has 108 valence electrons. The standard InChI is InChI=1S/C16H17N3O2/c17-15-13(5-2-7-18-15)16(20)19-10-11-3-1-4-12(9-11)14-6-8-21-14/h1-5,7,9,14H,6,8,10H2,(H2,17,18)(H,19,20). The lowest BCUT2D eigenvalue weighted by Crippen LogP contribution is -2.24. The monoisotopic (exact) mass is 283 g/mol. The third-order valence-electron chi connectivity index (χ3n) is 3.56. The minimum atomic E-state index is -0.217. The molecule has 1 aromatic heterocycles. The number of carbonyl (C=O) groups is 1. The fourth-order valence-electron chi connectivity index (χ4n) is 2.29. The molecule has 1 aromatic carbocycles. The Morgan fingerprint density at radius 2 is 2.24 bits per heavy atom. The Kier molecular flexibility index (Phi) is 3.83. The van der Waals surface area contributed by atoms with Gasteiger partial charge in [0.25, 0.3) is 5.91 Å². The summed E-state index contributed by atoms with van der Waals surface area (Å²) in [6, 6.07) is 11.4. The lowest BCUT2D eigenvalue weighted by atomic mass is 10.0. The number of nitrogens with zero attached hydrogens (tertiary/aromatic N) is 1. The molecule has 1 unspecified atom stereocenters. The van der Waals surface area contributed by atoms with Gasteiger partial charge in [-0.3, -0.25) is 4.79 Å². The summed E-state index contributed by atoms with van der Waals surface area (Å²) in [5.74, 6) is 0.0255. The molecule has 2 aromatic rings. The number of hydrogen-bond acceptors (Lipinski definition) is 4. The Hall–Kier alpha value is -2.40. The molecule has 0 aliphatic carbocycles. The van der Waals surface area contributed by atoms with E-state index in [0.717, 1.165) is 24.2 Å². The van der Waals surface area contributed by atoms with Crippen molar-refractivity contribution in [1.29, 1.82) is 0 Å². The SMILES string of the molecule is Nc1ncccc1C(=O)NCc1cccc(C2CCO2)c1. The van der Waals surface area contributed by atoms with Gasteiger partial charge in [0.05, 0.1) is 18.3 Å². The average molecular weight is 283 g/mol. The van der Waals surface area contributed by atoms with Crippen LogP contribution in [0, 0.1) is 0 Å². The average Bonchev–Trinajstić information content (AvgIpc) is 2.44. The maximum Gasteiger partial charge on any atom is 0.255 e. The maximum atomic E-state index is 12.1. The Labute approximate surface area is 123 Å². The molecule has 3 N–H and O–H groups in total. The van der Waals surface area contributed by atoms with Crippen molar-refractivity contribution >= 4 is 11.7 Å². The van der Waals surface area contributed by atoms with Gasteiger partial charge in [-0.05, 0) is 23.3 Å². The largest absolute Gasteiger partial charge is 0.383 e. The third-order valence-corrected chi connectivity index (χ3v) is 3.56. The molecule has 1 aliphatic rings. The van der Waals surface area contributed by atoms with Crippen LogP contribution in [0.25, 0.3) is 0 Å². The van der Waals surface area contributed by atoms with Gasteiger partial charge in [-0.15, -0.1) is 0 Å². The summed E-state index contributed by atoms with van der Waals surface area (Å²) < 4.78 is 5.47. The molecule has 1 aliphatic heterocycles. The van der Waals surface area contributed by atoms with Crippen LogP contribution in [0.2, 0.25) is 0 Å². The van der Waals surface area contributed by atoms with Crippen molar-refractivity contribution in [3.8, 4) is 0 Å². The minimum absolute atomic E-state index is 0.203. The maximum absolute atomic E-state index is 12.1. The van der Waals surface area contributed by atoms with E-state index in [2.05, 4.69) is 16.4 Å². The van der Waals surface area contributed by atoms with Crippen molar-refractivity contribution in [2.24, 2.45) is 0 Å². The number of benzene rings is 1. The number of nitrogen functional groups attached to an aromatic ring is 1. The zero-order valence-electron chi connectivity index (χ0n) is 11.6. The van der Waals surface area contributed by atoms with Crippen molar-refractivity contribution in [1.82, 2.24) is 10.3 Å². The molecule has 3 rings (SSSR count). The molecule has 0 saturated carbocycles. The number of amides is 1. The van der Waals surface area contributed by atoms with Crippen molar-refractivity contribution in [3.63, 3.8) is 0 Å². The highest BCUT2D eigenvalue weighted by molar-refractivity contribution is 5.98. The first-order valence-corrected chi connectivity index (χ1v) is 6.93. The topological polar surface area (TPSA) is 77.2 Å². The van der Waals surface area contributed by atoms with Crippen molar-refractivity contribution in [3.05, 3.63) is 59.3 Å². The Bertz CT molecular complexity index is 653. The quantitative estimate of drug-likeness (QED) is 0.900. The molecule has 1 saturated heterocycles. The van der Waals surface area contributed by atoms with Crippen molar-refractivity contribution in [2.45, 2.75) is 19.1 Å². The van der Waals surface area contributed by atoms with Crippen LogP contribution in [-0.2, 0) is 11.3 Å². The van der Waals surface area contributed by atoms with E-state index >= 15 is 0 Å². The highest BCUT2D eigenvalue weighted by Crippen LogP contribution is 2.29. The van der Waals surface area contributed by atoms with E-state index in [0.29, 0.717) is 12.1 Å². The number of nitrogens with one attached hydrogen (secondary N) is 1. The van der Waals surface area contributed by atoms with Gasteiger partial charge >= 0.3 is 0 Å². The molecule has 0 radical (unpaired) electrons. The highest BCUT2D eigenvalue weighted by atomic mass is 16.5. The number of ether oxygens (including phenoxy) is 1. The van der Waals surface area contributed by atoms with Gasteiger partial charge in [0.1, 0.15) is 5.82 Å². The van der Waals surface area contributed by atoms with E-state index < -0.39 is 0 Å². The molecule has 21 heavy (non-hydrogen) atoms. The first-order chi connectivity index (χ1) is 10.2. The second-order valence-electron chi connectivity index (χ2n) is 5.01. The summed E-state index contributed by atoms with van der Waals surface area (Å²) in [5.41, 5.74) is 8.29. The van der Waals surface area contributed by atoms with E-state index in [1.807, 2.05) is 18.2 Å². The Morgan fingerprint density at radius 1 is 1.38 bits per heavy atom. The van der Waals surface area contributed by atoms with Crippen LogP contribution in [0.4, 0.5) is 5.82 Å². The number of carbonyl (C=O) groups excluding carboxylic acids is 1. The Morgan fingerprint density at radius 3 is 2.95 bits per heavy atom. The van der Waals surface area contributed by atoms with Crippen LogP contribution in [0.5, 0.6) is 0 Å². The lowest BCUT2D eigenvalue weighted by Gasteiger charge is -2.27. The van der Waals surface area contributed by atoms with Gasteiger partial charge in [0.15, 0.2) is 0 Å². The van der Waals surface area contributed by atoms with Crippen LogP contribution in [0.15, 0.2) is 42.6 Å². The normalized spacial score (nSPS) is 17.0. The number of nitrogens with two attached hydrogens (primary N) is 1. The van der Waals surface area contributed by atoms with Crippen LogP contribution < -0.4 is 11.1 Å². The first-order valence-electron chi connectivity index (χ1n) is 6.93. The van der Waals surface area contributed by atoms with E-state index in [1.165, 1.54) is 0 Å². The van der Waals surface area contributed by atoms with E-state index in [9.17, 15) is 4.79 Å². The van der Waals surface area contributed by atoms with Gasteiger partial charge in [-0.2, -0.15) is 0 Å². The number of anilines is 1. The van der Waals surface area contributed by atoms with Crippen molar-refractivity contribution in [2.75, 3.05) is 12.3 Å². The number of hydrogen-bond donors (Lipinski definition) is 2. The lowest BCUT2D eigenvalue weighted by molar-refractivity contribution is -0.0527. The van der Waals surface area contributed by atoms with Crippen LogP contribution >= 0.6 is 0 Å². The summed E-state index contributed by atoms with van der Waals surface area (Å²) in [6.45, 7) is 1.28. The molecule has 1 fully saturated rings. The zero-order valence-corrected chi connectivity index (χ0v) is 11.6. The zero-order chi connectivity index (χ0) is 14.7. The van der Waals surface area contributed by atoms with Gasteiger partial charge in [0, 0.05) is 19.2 Å². The van der Waals surface area contributed by atoms with E-state index in [-0.39, 0.29) is 17.8 Å².